The molecule has 140 valence electrons. The molecule has 0 aliphatic rings. The largest absolute Gasteiger partial charge is 0.497 e. The first-order valence-corrected chi connectivity index (χ1v) is 8.73. The van der Waals surface area contributed by atoms with Gasteiger partial charge in [0, 0.05) is 12.6 Å². The van der Waals surface area contributed by atoms with E-state index < -0.39 is 0 Å². The molecule has 0 saturated heterocycles. The number of carbonyl (C=O) groups excluding carboxylic acids is 1. The van der Waals surface area contributed by atoms with E-state index in [1.807, 2.05) is 24.3 Å². The van der Waals surface area contributed by atoms with E-state index in [9.17, 15) is 4.79 Å². The predicted molar refractivity (Wildman–Crippen MR) is 103 cm³/mol. The number of amides is 1. The second-order valence-electron chi connectivity index (χ2n) is 5.45. The van der Waals surface area contributed by atoms with Crippen LogP contribution >= 0.6 is 15.9 Å². The zero-order valence-corrected chi connectivity index (χ0v) is 16.8. The summed E-state index contributed by atoms with van der Waals surface area (Å²) in [7, 11) is 6.42. The predicted octanol–water partition coefficient (Wildman–Crippen LogP) is 3.63. The highest BCUT2D eigenvalue weighted by atomic mass is 79.9. The Bertz CT molecular complexity index is 723. The Morgan fingerprint density at radius 1 is 0.962 bits per heavy atom. The van der Waals surface area contributed by atoms with Crippen molar-refractivity contribution >= 4 is 21.8 Å². The standard InChI is InChI=1S/C19H22BrNO5/c1-21(9-10-26-15-7-5-14(23-2)6-8-15)19(22)13-11-16(24-3)18(20)17(12-13)25-4/h5-8,11-12H,9-10H2,1-4H3. The molecular weight excluding hydrogens is 402 g/mol. The van der Waals surface area contributed by atoms with Crippen molar-refractivity contribution in [2.24, 2.45) is 0 Å². The highest BCUT2D eigenvalue weighted by molar-refractivity contribution is 9.10. The third-order valence-corrected chi connectivity index (χ3v) is 4.58. The Hall–Kier alpha value is -2.41. The molecule has 0 fully saturated rings. The van der Waals surface area contributed by atoms with Crippen LogP contribution in [-0.4, -0.2) is 52.3 Å². The molecule has 1 amide bonds. The maximum absolute atomic E-state index is 12.6. The highest BCUT2D eigenvalue weighted by Gasteiger charge is 2.17. The first-order valence-electron chi connectivity index (χ1n) is 7.94. The van der Waals surface area contributed by atoms with Crippen molar-refractivity contribution in [3.63, 3.8) is 0 Å². The average molecular weight is 424 g/mol. The third-order valence-electron chi connectivity index (χ3n) is 3.79. The van der Waals surface area contributed by atoms with Gasteiger partial charge in [-0.15, -0.1) is 0 Å². The highest BCUT2D eigenvalue weighted by Crippen LogP contribution is 2.35. The van der Waals surface area contributed by atoms with Crippen molar-refractivity contribution < 1.29 is 23.7 Å². The summed E-state index contributed by atoms with van der Waals surface area (Å²) in [6.07, 6.45) is 0. The van der Waals surface area contributed by atoms with E-state index in [2.05, 4.69) is 15.9 Å². The summed E-state index contributed by atoms with van der Waals surface area (Å²) in [6, 6.07) is 10.6. The molecule has 0 aliphatic carbocycles. The van der Waals surface area contributed by atoms with Crippen LogP contribution in [0.3, 0.4) is 0 Å². The maximum atomic E-state index is 12.6. The topological polar surface area (TPSA) is 57.2 Å². The number of nitrogens with zero attached hydrogens (tertiary/aromatic N) is 1. The van der Waals surface area contributed by atoms with E-state index in [0.29, 0.717) is 34.7 Å². The molecule has 0 aromatic heterocycles. The number of ether oxygens (including phenoxy) is 4. The summed E-state index contributed by atoms with van der Waals surface area (Å²) in [5, 5.41) is 0. The van der Waals surface area contributed by atoms with Crippen LogP contribution in [0.25, 0.3) is 0 Å². The van der Waals surface area contributed by atoms with Crippen LogP contribution in [0.4, 0.5) is 0 Å². The van der Waals surface area contributed by atoms with Crippen LogP contribution in [0.15, 0.2) is 40.9 Å². The van der Waals surface area contributed by atoms with Crippen LogP contribution in [-0.2, 0) is 0 Å². The van der Waals surface area contributed by atoms with Gasteiger partial charge in [0.2, 0.25) is 0 Å². The number of rotatable bonds is 8. The fourth-order valence-corrected chi connectivity index (χ4v) is 2.84. The normalized spacial score (nSPS) is 10.2. The SMILES string of the molecule is COc1ccc(OCCN(C)C(=O)c2cc(OC)c(Br)c(OC)c2)cc1. The molecule has 2 aromatic carbocycles. The van der Waals surface area contributed by atoms with Crippen LogP contribution in [0, 0.1) is 0 Å². The number of halogens is 1. The molecule has 2 rings (SSSR count). The lowest BCUT2D eigenvalue weighted by Gasteiger charge is -2.19. The van der Waals surface area contributed by atoms with Crippen LogP contribution < -0.4 is 18.9 Å². The van der Waals surface area contributed by atoms with Gasteiger partial charge in [0.15, 0.2) is 0 Å². The maximum Gasteiger partial charge on any atom is 0.253 e. The van der Waals surface area contributed by atoms with Crippen molar-refractivity contribution in [3.05, 3.63) is 46.4 Å². The smallest absolute Gasteiger partial charge is 0.253 e. The van der Waals surface area contributed by atoms with Gasteiger partial charge in [-0.1, -0.05) is 0 Å². The Kier molecular flexibility index (Phi) is 7.15. The third kappa shape index (κ3) is 4.82. The number of hydrogen-bond donors (Lipinski definition) is 0. The van der Waals surface area contributed by atoms with E-state index in [-0.39, 0.29) is 5.91 Å². The van der Waals surface area contributed by atoms with Gasteiger partial charge in [-0.3, -0.25) is 4.79 Å². The molecule has 0 aliphatic heterocycles. The minimum atomic E-state index is -0.146. The zero-order valence-electron chi connectivity index (χ0n) is 15.2. The molecule has 0 heterocycles. The fraction of sp³-hybridized carbons (Fsp3) is 0.316. The quantitative estimate of drug-likeness (QED) is 0.648. The number of likely N-dealkylation sites (N-methyl/N-ethyl adjacent to an activating group) is 1. The second kappa shape index (κ2) is 9.33. The van der Waals surface area contributed by atoms with Crippen molar-refractivity contribution in [2.75, 3.05) is 41.5 Å². The van der Waals surface area contributed by atoms with Crippen LogP contribution in [0.5, 0.6) is 23.0 Å². The zero-order chi connectivity index (χ0) is 19.1. The number of benzene rings is 2. The Labute approximate surface area is 161 Å². The van der Waals surface area contributed by atoms with Gasteiger partial charge in [0.25, 0.3) is 5.91 Å². The average Bonchev–Trinajstić information content (AvgIpc) is 2.68. The molecule has 2 aromatic rings. The van der Waals surface area contributed by atoms with Gasteiger partial charge in [-0.05, 0) is 52.3 Å². The number of carbonyl (C=O) groups is 1. The number of methoxy groups -OCH3 is 3. The van der Waals surface area contributed by atoms with Gasteiger partial charge in [-0.25, -0.2) is 0 Å². The molecule has 26 heavy (non-hydrogen) atoms. The summed E-state index contributed by atoms with van der Waals surface area (Å²) < 4.78 is 22.0. The molecule has 0 bridgehead atoms. The first-order chi connectivity index (χ1) is 12.5. The first kappa shape index (κ1) is 19.9. The molecule has 6 nitrogen and oxygen atoms in total. The summed E-state index contributed by atoms with van der Waals surface area (Å²) in [5.41, 5.74) is 0.480. The van der Waals surface area contributed by atoms with Crippen molar-refractivity contribution in [1.82, 2.24) is 4.90 Å². The minimum Gasteiger partial charge on any atom is -0.497 e. The van der Waals surface area contributed by atoms with Gasteiger partial charge in [-0.2, -0.15) is 0 Å². The van der Waals surface area contributed by atoms with Crippen molar-refractivity contribution in [3.8, 4) is 23.0 Å². The number of hydrogen-bond acceptors (Lipinski definition) is 5. The molecule has 0 unspecified atom stereocenters. The van der Waals surface area contributed by atoms with Crippen LogP contribution in [0.2, 0.25) is 0 Å². The van der Waals surface area contributed by atoms with Gasteiger partial charge < -0.3 is 23.8 Å². The summed E-state index contributed by atoms with van der Waals surface area (Å²) in [6.45, 7) is 0.810. The Morgan fingerprint density at radius 3 is 2.00 bits per heavy atom. The van der Waals surface area contributed by atoms with E-state index in [1.54, 1.807) is 45.4 Å². The van der Waals surface area contributed by atoms with E-state index in [4.69, 9.17) is 18.9 Å². The van der Waals surface area contributed by atoms with Gasteiger partial charge >= 0.3 is 0 Å². The fourth-order valence-electron chi connectivity index (χ4n) is 2.29. The molecule has 0 atom stereocenters. The molecular formula is C19H22BrNO5. The Balaban J connectivity index is 1.98. The second-order valence-corrected chi connectivity index (χ2v) is 6.24. The summed E-state index contributed by atoms with van der Waals surface area (Å²) >= 11 is 3.40. The lowest BCUT2D eigenvalue weighted by molar-refractivity contribution is 0.0773. The molecule has 0 N–H and O–H groups in total. The molecule has 0 spiro atoms. The summed E-state index contributed by atoms with van der Waals surface area (Å²) in [5.74, 6) is 2.42. The Morgan fingerprint density at radius 2 is 1.50 bits per heavy atom. The molecule has 7 heteroatoms. The van der Waals surface area contributed by atoms with E-state index >= 15 is 0 Å². The van der Waals surface area contributed by atoms with Crippen molar-refractivity contribution in [1.29, 1.82) is 0 Å². The van der Waals surface area contributed by atoms with Gasteiger partial charge in [0.05, 0.1) is 27.9 Å². The monoisotopic (exact) mass is 423 g/mol. The van der Waals surface area contributed by atoms with Crippen LogP contribution in [0.1, 0.15) is 10.4 Å². The molecule has 0 saturated carbocycles. The van der Waals surface area contributed by atoms with Gasteiger partial charge in [0.1, 0.15) is 34.1 Å². The lowest BCUT2D eigenvalue weighted by atomic mass is 10.1. The molecule has 0 radical (unpaired) electrons. The van der Waals surface area contributed by atoms with E-state index in [1.165, 1.54) is 0 Å². The van der Waals surface area contributed by atoms with Crippen molar-refractivity contribution in [2.45, 2.75) is 0 Å². The lowest BCUT2D eigenvalue weighted by Crippen LogP contribution is -2.30. The van der Waals surface area contributed by atoms with E-state index in [0.717, 1.165) is 11.5 Å². The minimum absolute atomic E-state index is 0.146. The summed E-state index contributed by atoms with van der Waals surface area (Å²) in [4.78, 5) is 14.2.